The second-order valence-electron chi connectivity index (χ2n) is 7.10. The molecule has 1 N–H and O–H groups in total. The van der Waals surface area contributed by atoms with E-state index in [0.717, 1.165) is 0 Å². The van der Waals surface area contributed by atoms with Gasteiger partial charge in [-0.1, -0.05) is 84.5 Å². The Morgan fingerprint density at radius 2 is 1.05 bits per heavy atom. The molecule has 0 aliphatic carbocycles. The summed E-state index contributed by atoms with van der Waals surface area (Å²) in [5.41, 5.74) is 0.342. The second-order valence-corrected chi connectivity index (χ2v) is 7.10. The minimum absolute atomic E-state index is 0.342. The molecule has 0 aliphatic rings. The van der Waals surface area contributed by atoms with E-state index in [0.29, 0.717) is 5.54 Å². The molecule has 0 amide bonds. The average Bonchev–Trinajstić information content (AvgIpc) is 2.42. The summed E-state index contributed by atoms with van der Waals surface area (Å²) in [6.07, 6.45) is 18.2. The van der Waals surface area contributed by atoms with E-state index in [1.165, 1.54) is 90.0 Å². The summed E-state index contributed by atoms with van der Waals surface area (Å²) in [6.45, 7) is 10.5. The molecule has 1 nitrogen and oxygen atoms in total. The monoisotopic (exact) mass is 283 g/mol. The zero-order valence-corrected chi connectivity index (χ0v) is 14.9. The fraction of sp³-hybridized carbons (Fsp3) is 1.00. The van der Waals surface area contributed by atoms with Gasteiger partial charge in [-0.15, -0.1) is 0 Å². The van der Waals surface area contributed by atoms with Crippen molar-refractivity contribution >= 4 is 0 Å². The molecule has 0 aromatic rings. The van der Waals surface area contributed by atoms with Crippen LogP contribution >= 0.6 is 0 Å². The molecule has 0 saturated heterocycles. The first-order chi connectivity index (χ1) is 9.62. The van der Waals surface area contributed by atoms with E-state index >= 15 is 0 Å². The summed E-state index contributed by atoms with van der Waals surface area (Å²) in [4.78, 5) is 0. The molecule has 0 saturated carbocycles. The molecule has 122 valence electrons. The van der Waals surface area contributed by atoms with Crippen molar-refractivity contribution in [3.63, 3.8) is 0 Å². The number of hydrogen-bond acceptors (Lipinski definition) is 1. The topological polar surface area (TPSA) is 12.0 Å². The van der Waals surface area contributed by atoms with Gasteiger partial charge < -0.3 is 5.32 Å². The molecule has 0 rings (SSSR count). The SMILES string of the molecule is CCCCCCCCCCNC(C)(C)CCCCCC. The highest BCUT2D eigenvalue weighted by atomic mass is 14.9. The summed E-state index contributed by atoms with van der Waals surface area (Å²) in [5.74, 6) is 0. The lowest BCUT2D eigenvalue weighted by Crippen LogP contribution is -2.39. The summed E-state index contributed by atoms with van der Waals surface area (Å²) in [6, 6.07) is 0. The predicted molar refractivity (Wildman–Crippen MR) is 93.5 cm³/mol. The standard InChI is InChI=1S/C19H41N/c1-5-7-9-11-12-13-14-16-18-20-19(3,4)17-15-10-8-6-2/h20H,5-18H2,1-4H3. The fourth-order valence-electron chi connectivity index (χ4n) is 2.77. The predicted octanol–water partition coefficient (Wildman–Crippen LogP) is 6.47. The molecule has 0 bridgehead atoms. The first kappa shape index (κ1) is 20.0. The second kappa shape index (κ2) is 13.9. The van der Waals surface area contributed by atoms with Gasteiger partial charge in [0.1, 0.15) is 0 Å². The van der Waals surface area contributed by atoms with Crippen LogP contribution in [0.2, 0.25) is 0 Å². The van der Waals surface area contributed by atoms with Crippen molar-refractivity contribution in [2.24, 2.45) is 0 Å². The molecule has 0 heterocycles. The van der Waals surface area contributed by atoms with Crippen LogP contribution < -0.4 is 5.32 Å². The van der Waals surface area contributed by atoms with Crippen molar-refractivity contribution in [1.29, 1.82) is 0 Å². The molecule has 0 fully saturated rings. The molecule has 0 radical (unpaired) electrons. The Morgan fingerprint density at radius 3 is 1.60 bits per heavy atom. The molecule has 0 unspecified atom stereocenters. The van der Waals surface area contributed by atoms with E-state index in [4.69, 9.17) is 0 Å². The van der Waals surface area contributed by atoms with Gasteiger partial charge in [-0.2, -0.15) is 0 Å². The Kier molecular flexibility index (Phi) is 13.9. The van der Waals surface area contributed by atoms with Gasteiger partial charge in [0, 0.05) is 5.54 Å². The Morgan fingerprint density at radius 1 is 0.600 bits per heavy atom. The summed E-state index contributed by atoms with van der Waals surface area (Å²) in [7, 11) is 0. The maximum absolute atomic E-state index is 3.75. The lowest BCUT2D eigenvalue weighted by molar-refractivity contribution is 0.343. The van der Waals surface area contributed by atoms with Crippen LogP contribution in [0.4, 0.5) is 0 Å². The van der Waals surface area contributed by atoms with Crippen molar-refractivity contribution in [3.8, 4) is 0 Å². The minimum atomic E-state index is 0.342. The first-order valence-corrected chi connectivity index (χ1v) is 9.37. The van der Waals surface area contributed by atoms with E-state index in [1.54, 1.807) is 0 Å². The zero-order chi connectivity index (χ0) is 15.1. The molecule has 1 heteroatoms. The average molecular weight is 284 g/mol. The van der Waals surface area contributed by atoms with Crippen molar-refractivity contribution in [2.75, 3.05) is 6.54 Å². The van der Waals surface area contributed by atoms with E-state index in [-0.39, 0.29) is 0 Å². The third kappa shape index (κ3) is 14.4. The van der Waals surface area contributed by atoms with Gasteiger partial charge in [-0.3, -0.25) is 0 Å². The molecule has 0 aliphatic heterocycles. The summed E-state index contributed by atoms with van der Waals surface area (Å²) in [5, 5.41) is 3.75. The first-order valence-electron chi connectivity index (χ1n) is 9.37. The lowest BCUT2D eigenvalue weighted by Gasteiger charge is -2.26. The van der Waals surface area contributed by atoms with Crippen LogP contribution in [0.25, 0.3) is 0 Å². The zero-order valence-electron chi connectivity index (χ0n) is 14.9. The number of nitrogens with one attached hydrogen (secondary N) is 1. The molecule has 0 atom stereocenters. The Balaban J connectivity index is 3.30. The maximum atomic E-state index is 3.75. The highest BCUT2D eigenvalue weighted by Crippen LogP contribution is 2.15. The van der Waals surface area contributed by atoms with Crippen molar-refractivity contribution in [3.05, 3.63) is 0 Å². The minimum Gasteiger partial charge on any atom is -0.312 e. The van der Waals surface area contributed by atoms with E-state index in [1.807, 2.05) is 0 Å². The smallest absolute Gasteiger partial charge is 0.0125 e. The Labute approximate surface area is 129 Å². The fourth-order valence-corrected chi connectivity index (χ4v) is 2.77. The number of hydrogen-bond donors (Lipinski definition) is 1. The van der Waals surface area contributed by atoms with Crippen LogP contribution in [0, 0.1) is 0 Å². The highest BCUT2D eigenvalue weighted by molar-refractivity contribution is 4.76. The molecular weight excluding hydrogens is 242 g/mol. The van der Waals surface area contributed by atoms with Gasteiger partial charge >= 0.3 is 0 Å². The van der Waals surface area contributed by atoms with E-state index in [9.17, 15) is 0 Å². The normalized spacial score (nSPS) is 12.0. The van der Waals surface area contributed by atoms with Crippen LogP contribution in [-0.4, -0.2) is 12.1 Å². The van der Waals surface area contributed by atoms with Crippen molar-refractivity contribution < 1.29 is 0 Å². The highest BCUT2D eigenvalue weighted by Gasteiger charge is 2.15. The van der Waals surface area contributed by atoms with Gasteiger partial charge in [0.2, 0.25) is 0 Å². The maximum Gasteiger partial charge on any atom is 0.0125 e. The van der Waals surface area contributed by atoms with Crippen LogP contribution in [0.15, 0.2) is 0 Å². The summed E-state index contributed by atoms with van der Waals surface area (Å²) >= 11 is 0. The van der Waals surface area contributed by atoms with Gasteiger partial charge in [-0.25, -0.2) is 0 Å². The number of rotatable bonds is 15. The largest absolute Gasteiger partial charge is 0.312 e. The molecular formula is C19H41N. The van der Waals surface area contributed by atoms with Gasteiger partial charge in [-0.05, 0) is 33.2 Å². The molecule has 0 aromatic heterocycles. The van der Waals surface area contributed by atoms with Crippen LogP contribution in [-0.2, 0) is 0 Å². The van der Waals surface area contributed by atoms with Crippen LogP contribution in [0.3, 0.4) is 0 Å². The Bertz CT molecular complexity index is 186. The van der Waals surface area contributed by atoms with E-state index in [2.05, 4.69) is 33.0 Å². The van der Waals surface area contributed by atoms with E-state index < -0.39 is 0 Å². The lowest BCUT2D eigenvalue weighted by atomic mass is 9.96. The molecule has 20 heavy (non-hydrogen) atoms. The van der Waals surface area contributed by atoms with Crippen molar-refractivity contribution in [2.45, 2.75) is 117 Å². The Hall–Kier alpha value is -0.0400. The third-order valence-electron chi connectivity index (χ3n) is 4.29. The quantitative estimate of drug-likeness (QED) is 0.340. The van der Waals surface area contributed by atoms with Crippen molar-refractivity contribution in [1.82, 2.24) is 5.32 Å². The summed E-state index contributed by atoms with van der Waals surface area (Å²) < 4.78 is 0. The van der Waals surface area contributed by atoms with Gasteiger partial charge in [0.15, 0.2) is 0 Å². The number of unbranched alkanes of at least 4 members (excludes halogenated alkanes) is 10. The molecule has 0 aromatic carbocycles. The van der Waals surface area contributed by atoms with Gasteiger partial charge in [0.25, 0.3) is 0 Å². The van der Waals surface area contributed by atoms with Gasteiger partial charge in [0.05, 0.1) is 0 Å². The third-order valence-corrected chi connectivity index (χ3v) is 4.29. The van der Waals surface area contributed by atoms with Crippen LogP contribution in [0.1, 0.15) is 111 Å². The molecule has 0 spiro atoms. The van der Waals surface area contributed by atoms with Crippen LogP contribution in [0.5, 0.6) is 0 Å².